The van der Waals surface area contributed by atoms with Gasteiger partial charge in [-0.05, 0) is 17.4 Å². The van der Waals surface area contributed by atoms with Crippen molar-refractivity contribution in [1.29, 1.82) is 0 Å². The van der Waals surface area contributed by atoms with Crippen LogP contribution in [0.4, 0.5) is 13.2 Å². The topological polar surface area (TPSA) is 0 Å². The molecular weight excluding hydrogens is 193 g/mol. The number of thioether (sulfide) groups is 2. The molecule has 0 saturated carbocycles. The van der Waals surface area contributed by atoms with Gasteiger partial charge in [-0.3, -0.25) is 0 Å². The third kappa shape index (κ3) is 4.63. The fourth-order valence-corrected chi connectivity index (χ4v) is 1.83. The van der Waals surface area contributed by atoms with E-state index in [4.69, 9.17) is 0 Å². The Kier molecular flexibility index (Phi) is 5.08. The van der Waals surface area contributed by atoms with Gasteiger partial charge in [0.25, 0.3) is 0 Å². The van der Waals surface area contributed by atoms with Gasteiger partial charge in [0.1, 0.15) is 0 Å². The van der Waals surface area contributed by atoms with Gasteiger partial charge < -0.3 is 0 Å². The molecule has 0 radical (unpaired) electrons. The average Bonchev–Trinajstić information content (AvgIpc) is 1.85. The van der Waals surface area contributed by atoms with Crippen LogP contribution in [0.1, 0.15) is 6.92 Å². The maximum absolute atomic E-state index is 12.0. The number of rotatable bonds is 3. The van der Waals surface area contributed by atoms with Gasteiger partial charge >= 0.3 is 6.18 Å². The molecule has 0 unspecified atom stereocenters. The quantitative estimate of drug-likeness (QED) is 0.687. The Hall–Kier alpha value is 0.230. The zero-order chi connectivity index (χ0) is 8.91. The monoisotopic (exact) mass is 202 g/mol. The lowest BCUT2D eigenvalue weighted by atomic mass is 10.6. The van der Waals surface area contributed by atoms with Crippen molar-refractivity contribution >= 4 is 23.5 Å². The molecule has 0 aliphatic rings. The fourth-order valence-electron chi connectivity index (χ4n) is 0.445. The van der Waals surface area contributed by atoms with E-state index in [9.17, 15) is 13.2 Å². The largest absolute Gasteiger partial charge is 0.422 e. The molecule has 0 rings (SSSR count). The Labute approximate surface area is 72.6 Å². The van der Waals surface area contributed by atoms with Gasteiger partial charge in [0.15, 0.2) is 0 Å². The Bertz CT molecular complexity index is 139. The number of hydrogen-bond acceptors (Lipinski definition) is 2. The third-order valence-corrected chi connectivity index (χ3v) is 2.37. The lowest BCUT2D eigenvalue weighted by Gasteiger charge is -2.08. The van der Waals surface area contributed by atoms with Gasteiger partial charge in [0, 0.05) is 0 Å². The molecule has 5 heteroatoms. The summed E-state index contributed by atoms with van der Waals surface area (Å²) in [6.45, 7) is 1.70. The van der Waals surface area contributed by atoms with Gasteiger partial charge in [-0.2, -0.15) is 13.2 Å². The SMILES string of the molecule is CCS/C(=C/SC)C(F)(F)F. The van der Waals surface area contributed by atoms with Crippen molar-refractivity contribution < 1.29 is 13.2 Å². The van der Waals surface area contributed by atoms with Crippen LogP contribution in [0.3, 0.4) is 0 Å². The molecule has 0 fully saturated rings. The molecule has 0 aromatic carbocycles. The molecule has 0 aromatic heterocycles. The molecule has 0 heterocycles. The van der Waals surface area contributed by atoms with E-state index in [0.29, 0.717) is 5.75 Å². The average molecular weight is 202 g/mol. The summed E-state index contributed by atoms with van der Waals surface area (Å²) in [5, 5.41) is 1.13. The highest BCUT2D eigenvalue weighted by Crippen LogP contribution is 2.35. The van der Waals surface area contributed by atoms with E-state index in [2.05, 4.69) is 0 Å². The smallest absolute Gasteiger partial charge is 0.166 e. The molecule has 0 aliphatic carbocycles. The normalized spacial score (nSPS) is 13.7. The minimum Gasteiger partial charge on any atom is -0.166 e. The Morgan fingerprint density at radius 2 is 2.00 bits per heavy atom. The maximum Gasteiger partial charge on any atom is 0.422 e. The minimum atomic E-state index is -4.18. The lowest BCUT2D eigenvalue weighted by molar-refractivity contribution is -0.0834. The highest BCUT2D eigenvalue weighted by Gasteiger charge is 2.33. The van der Waals surface area contributed by atoms with Crippen LogP contribution >= 0.6 is 23.5 Å². The van der Waals surface area contributed by atoms with E-state index in [0.717, 1.165) is 28.9 Å². The number of allylic oxidation sites excluding steroid dienone is 1. The third-order valence-electron chi connectivity index (χ3n) is 0.804. The van der Waals surface area contributed by atoms with E-state index in [-0.39, 0.29) is 0 Å². The molecule has 0 N–H and O–H groups in total. The molecular formula is C6H9F3S2. The van der Waals surface area contributed by atoms with Crippen LogP contribution in [0.15, 0.2) is 10.3 Å². The van der Waals surface area contributed by atoms with E-state index in [1.807, 2.05) is 0 Å². The Balaban J connectivity index is 4.22. The van der Waals surface area contributed by atoms with Gasteiger partial charge in [-0.25, -0.2) is 0 Å². The van der Waals surface area contributed by atoms with Crippen LogP contribution in [-0.2, 0) is 0 Å². The zero-order valence-corrected chi connectivity index (χ0v) is 7.87. The van der Waals surface area contributed by atoms with Crippen LogP contribution in [0.5, 0.6) is 0 Å². The molecule has 0 spiro atoms. The number of halogens is 3. The standard InChI is InChI=1S/C6H9F3S2/c1-3-11-5(4-10-2)6(7,8)9/h4H,3H2,1-2H3/b5-4+. The molecule has 0 atom stereocenters. The van der Waals surface area contributed by atoms with Crippen molar-refractivity contribution in [3.8, 4) is 0 Å². The molecule has 0 aromatic rings. The molecule has 0 amide bonds. The Morgan fingerprint density at radius 3 is 2.27 bits per heavy atom. The summed E-state index contributed by atoms with van der Waals surface area (Å²) in [7, 11) is 0. The molecule has 66 valence electrons. The van der Waals surface area contributed by atoms with Gasteiger partial charge in [0.2, 0.25) is 0 Å². The predicted molar refractivity (Wildman–Crippen MR) is 45.8 cm³/mol. The van der Waals surface area contributed by atoms with Gasteiger partial charge in [-0.1, -0.05) is 6.92 Å². The van der Waals surface area contributed by atoms with Crippen molar-refractivity contribution in [3.05, 3.63) is 10.3 Å². The van der Waals surface area contributed by atoms with Crippen LogP contribution in [0.2, 0.25) is 0 Å². The van der Waals surface area contributed by atoms with Crippen LogP contribution in [0, 0.1) is 0 Å². The van der Waals surface area contributed by atoms with Crippen molar-refractivity contribution in [3.63, 3.8) is 0 Å². The number of alkyl halides is 3. The first kappa shape index (κ1) is 11.2. The summed E-state index contributed by atoms with van der Waals surface area (Å²) < 4.78 is 36.0. The summed E-state index contributed by atoms with van der Waals surface area (Å²) in [5.41, 5.74) is 0. The minimum absolute atomic E-state index is 0.450. The van der Waals surface area contributed by atoms with Crippen molar-refractivity contribution in [2.24, 2.45) is 0 Å². The van der Waals surface area contributed by atoms with Crippen molar-refractivity contribution in [2.45, 2.75) is 13.1 Å². The fraction of sp³-hybridized carbons (Fsp3) is 0.667. The molecule has 0 saturated heterocycles. The van der Waals surface area contributed by atoms with Crippen LogP contribution in [0.25, 0.3) is 0 Å². The van der Waals surface area contributed by atoms with Gasteiger partial charge in [0.05, 0.1) is 4.91 Å². The summed E-state index contributed by atoms with van der Waals surface area (Å²) in [5.74, 6) is 0.450. The van der Waals surface area contributed by atoms with Gasteiger partial charge in [-0.15, -0.1) is 23.5 Å². The summed E-state index contributed by atoms with van der Waals surface area (Å²) in [4.78, 5) is -0.507. The molecule has 11 heavy (non-hydrogen) atoms. The maximum atomic E-state index is 12.0. The van der Waals surface area contributed by atoms with Crippen LogP contribution in [-0.4, -0.2) is 18.2 Å². The molecule has 0 nitrogen and oxygen atoms in total. The van der Waals surface area contributed by atoms with Crippen LogP contribution < -0.4 is 0 Å². The first-order valence-electron chi connectivity index (χ1n) is 2.95. The second-order valence-electron chi connectivity index (χ2n) is 1.65. The highest BCUT2D eigenvalue weighted by atomic mass is 32.2. The first-order chi connectivity index (χ1) is 5.02. The highest BCUT2D eigenvalue weighted by molar-refractivity contribution is 8.05. The predicted octanol–water partition coefficient (Wildman–Crippen LogP) is 3.51. The first-order valence-corrected chi connectivity index (χ1v) is 5.22. The van der Waals surface area contributed by atoms with Crippen molar-refractivity contribution in [1.82, 2.24) is 0 Å². The zero-order valence-electron chi connectivity index (χ0n) is 6.23. The molecule has 0 aliphatic heterocycles. The second-order valence-corrected chi connectivity index (χ2v) is 3.66. The lowest BCUT2D eigenvalue weighted by Crippen LogP contribution is -2.08. The number of hydrogen-bond donors (Lipinski definition) is 0. The molecule has 0 bridgehead atoms. The van der Waals surface area contributed by atoms with E-state index < -0.39 is 11.1 Å². The van der Waals surface area contributed by atoms with E-state index in [1.165, 1.54) is 0 Å². The van der Waals surface area contributed by atoms with E-state index >= 15 is 0 Å². The summed E-state index contributed by atoms with van der Waals surface area (Å²) in [6, 6.07) is 0. The Morgan fingerprint density at radius 1 is 1.45 bits per heavy atom. The summed E-state index contributed by atoms with van der Waals surface area (Å²) in [6.07, 6.45) is -2.56. The van der Waals surface area contributed by atoms with E-state index in [1.54, 1.807) is 13.2 Å². The second kappa shape index (κ2) is 4.98. The summed E-state index contributed by atoms with van der Waals surface area (Å²) >= 11 is 1.90. The van der Waals surface area contributed by atoms with Crippen molar-refractivity contribution in [2.75, 3.05) is 12.0 Å².